The molecule has 0 amide bonds. The number of furan rings is 1. The Balaban J connectivity index is 1.98. The number of thiophene rings is 1. The highest BCUT2D eigenvalue weighted by Gasteiger charge is 2.19. The summed E-state index contributed by atoms with van der Waals surface area (Å²) in [6.45, 7) is 1.85. The second kappa shape index (κ2) is 4.79. The van der Waals surface area contributed by atoms with Gasteiger partial charge in [0.15, 0.2) is 0 Å². The molecule has 4 heteroatoms. The van der Waals surface area contributed by atoms with E-state index in [0.717, 1.165) is 15.8 Å². The highest BCUT2D eigenvalue weighted by atomic mass is 32.1. The van der Waals surface area contributed by atoms with Crippen LogP contribution in [0, 0.1) is 12.7 Å². The molecule has 2 heterocycles. The summed E-state index contributed by atoms with van der Waals surface area (Å²) >= 11 is 1.60. The van der Waals surface area contributed by atoms with Crippen molar-refractivity contribution in [1.82, 2.24) is 0 Å². The first-order chi connectivity index (χ1) is 9.15. The molecule has 2 nitrogen and oxygen atoms in total. The van der Waals surface area contributed by atoms with E-state index in [0.29, 0.717) is 17.8 Å². The van der Waals surface area contributed by atoms with Crippen LogP contribution < -0.4 is 0 Å². The fourth-order valence-electron chi connectivity index (χ4n) is 2.24. The quantitative estimate of drug-likeness (QED) is 0.777. The maximum absolute atomic E-state index is 13.2. The molecule has 0 aliphatic heterocycles. The molecule has 1 atom stereocenters. The van der Waals surface area contributed by atoms with Gasteiger partial charge in [-0.2, -0.15) is 0 Å². The van der Waals surface area contributed by atoms with Gasteiger partial charge in [0, 0.05) is 22.2 Å². The van der Waals surface area contributed by atoms with Crippen LogP contribution in [-0.2, 0) is 6.42 Å². The summed E-state index contributed by atoms with van der Waals surface area (Å²) in [5.41, 5.74) is 1.41. The largest absolute Gasteiger partial charge is 0.458 e. The zero-order valence-corrected chi connectivity index (χ0v) is 11.2. The Kier molecular flexibility index (Phi) is 3.12. The van der Waals surface area contributed by atoms with Crippen LogP contribution in [0.5, 0.6) is 0 Å². The smallest absolute Gasteiger partial charge is 0.137 e. The van der Waals surface area contributed by atoms with Crippen LogP contribution in [-0.4, -0.2) is 5.11 Å². The average molecular weight is 276 g/mol. The fraction of sp³-hybridized carbons (Fsp3) is 0.200. The number of fused-ring (bicyclic) bond motifs is 1. The second-order valence-corrected chi connectivity index (χ2v) is 5.56. The van der Waals surface area contributed by atoms with E-state index in [1.54, 1.807) is 17.4 Å². The van der Waals surface area contributed by atoms with Crippen molar-refractivity contribution in [2.75, 3.05) is 0 Å². The highest BCUT2D eigenvalue weighted by molar-refractivity contribution is 7.09. The molecule has 0 aliphatic rings. The SMILES string of the molecule is Cc1c(C(O)Cc2cccs2)oc2ccc(F)cc12. The summed E-state index contributed by atoms with van der Waals surface area (Å²) in [7, 11) is 0. The lowest BCUT2D eigenvalue weighted by Gasteiger charge is -2.07. The van der Waals surface area contributed by atoms with Crippen LogP contribution in [0.4, 0.5) is 4.39 Å². The lowest BCUT2D eigenvalue weighted by Crippen LogP contribution is -2.00. The summed E-state index contributed by atoms with van der Waals surface area (Å²) in [5.74, 6) is 0.227. The lowest BCUT2D eigenvalue weighted by molar-refractivity contribution is 0.152. The van der Waals surface area contributed by atoms with Crippen LogP contribution >= 0.6 is 11.3 Å². The Morgan fingerprint density at radius 3 is 2.95 bits per heavy atom. The number of benzene rings is 1. The van der Waals surface area contributed by atoms with Gasteiger partial charge in [0.1, 0.15) is 23.3 Å². The van der Waals surface area contributed by atoms with Gasteiger partial charge in [0.25, 0.3) is 0 Å². The maximum atomic E-state index is 13.2. The van der Waals surface area contributed by atoms with Gasteiger partial charge in [0.2, 0.25) is 0 Å². The number of aliphatic hydroxyl groups is 1. The number of hydrogen-bond donors (Lipinski definition) is 1. The van der Waals surface area contributed by atoms with E-state index in [4.69, 9.17) is 4.42 Å². The van der Waals surface area contributed by atoms with Crippen molar-refractivity contribution in [1.29, 1.82) is 0 Å². The highest BCUT2D eigenvalue weighted by Crippen LogP contribution is 2.32. The molecule has 3 rings (SSSR count). The van der Waals surface area contributed by atoms with Crippen LogP contribution in [0.2, 0.25) is 0 Å². The Labute approximate surface area is 114 Å². The summed E-state index contributed by atoms with van der Waals surface area (Å²) < 4.78 is 18.9. The molecule has 1 unspecified atom stereocenters. The molecule has 0 radical (unpaired) electrons. The molecule has 0 saturated heterocycles. The molecule has 2 aromatic heterocycles. The Morgan fingerprint density at radius 2 is 2.21 bits per heavy atom. The van der Waals surface area contributed by atoms with E-state index in [1.807, 2.05) is 24.4 Å². The predicted molar refractivity (Wildman–Crippen MR) is 73.9 cm³/mol. The number of aliphatic hydroxyl groups excluding tert-OH is 1. The molecule has 3 aromatic rings. The standard InChI is InChI=1S/C15H13FO2S/c1-9-12-7-10(16)4-5-14(12)18-15(9)13(17)8-11-3-2-6-19-11/h2-7,13,17H,8H2,1H3. The minimum atomic E-state index is -0.700. The third-order valence-corrected chi connectivity index (χ3v) is 4.11. The molecule has 0 fully saturated rings. The number of aryl methyl sites for hydroxylation is 1. The Hall–Kier alpha value is -1.65. The molecule has 1 aromatic carbocycles. The zero-order chi connectivity index (χ0) is 13.4. The predicted octanol–water partition coefficient (Wildman–Crippen LogP) is 4.22. The number of hydrogen-bond acceptors (Lipinski definition) is 3. The van der Waals surface area contributed by atoms with E-state index in [1.165, 1.54) is 12.1 Å². The summed E-state index contributed by atoms with van der Waals surface area (Å²) in [5, 5.41) is 13.0. The molecule has 0 bridgehead atoms. The molecule has 1 N–H and O–H groups in total. The van der Waals surface area contributed by atoms with E-state index < -0.39 is 6.10 Å². The molecular weight excluding hydrogens is 263 g/mol. The van der Waals surface area contributed by atoms with Gasteiger partial charge in [-0.15, -0.1) is 11.3 Å². The Bertz CT molecular complexity index is 700. The van der Waals surface area contributed by atoms with Crippen molar-refractivity contribution < 1.29 is 13.9 Å². The molecule has 0 aliphatic carbocycles. The van der Waals surface area contributed by atoms with Gasteiger partial charge in [0.05, 0.1) is 0 Å². The molecular formula is C15H13FO2S. The fourth-order valence-corrected chi connectivity index (χ4v) is 2.99. The minimum Gasteiger partial charge on any atom is -0.458 e. The zero-order valence-electron chi connectivity index (χ0n) is 10.4. The van der Waals surface area contributed by atoms with Crippen molar-refractivity contribution in [3.05, 3.63) is 57.7 Å². The summed E-state index contributed by atoms with van der Waals surface area (Å²) in [6, 6.07) is 8.33. The van der Waals surface area contributed by atoms with E-state index in [-0.39, 0.29) is 5.82 Å². The molecule has 98 valence electrons. The minimum absolute atomic E-state index is 0.296. The van der Waals surface area contributed by atoms with Gasteiger partial charge in [-0.1, -0.05) is 6.07 Å². The van der Waals surface area contributed by atoms with E-state index in [2.05, 4.69) is 0 Å². The first kappa shape index (κ1) is 12.4. The van der Waals surface area contributed by atoms with Crippen molar-refractivity contribution >= 4 is 22.3 Å². The number of rotatable bonds is 3. The van der Waals surface area contributed by atoms with Gasteiger partial charge in [-0.25, -0.2) is 4.39 Å². The summed E-state index contributed by atoms with van der Waals surface area (Å²) in [4.78, 5) is 1.10. The van der Waals surface area contributed by atoms with Crippen LogP contribution in [0.1, 0.15) is 22.3 Å². The average Bonchev–Trinajstić information content (AvgIpc) is 2.98. The molecule has 0 spiro atoms. The molecule has 19 heavy (non-hydrogen) atoms. The van der Waals surface area contributed by atoms with Crippen LogP contribution in [0.3, 0.4) is 0 Å². The van der Waals surface area contributed by atoms with Crippen LogP contribution in [0.25, 0.3) is 11.0 Å². The monoisotopic (exact) mass is 276 g/mol. The van der Waals surface area contributed by atoms with Gasteiger partial charge < -0.3 is 9.52 Å². The van der Waals surface area contributed by atoms with Crippen molar-refractivity contribution in [3.63, 3.8) is 0 Å². The van der Waals surface area contributed by atoms with Gasteiger partial charge >= 0.3 is 0 Å². The third kappa shape index (κ3) is 2.29. The normalized spacial score (nSPS) is 13.0. The Morgan fingerprint density at radius 1 is 1.37 bits per heavy atom. The topological polar surface area (TPSA) is 33.4 Å². The van der Waals surface area contributed by atoms with E-state index >= 15 is 0 Å². The summed E-state index contributed by atoms with van der Waals surface area (Å²) in [6.07, 6.45) is -0.185. The first-order valence-electron chi connectivity index (χ1n) is 6.04. The van der Waals surface area contributed by atoms with Crippen molar-refractivity contribution in [2.24, 2.45) is 0 Å². The van der Waals surface area contributed by atoms with Gasteiger partial charge in [-0.3, -0.25) is 0 Å². The second-order valence-electron chi connectivity index (χ2n) is 4.53. The lowest BCUT2D eigenvalue weighted by atomic mass is 10.1. The van der Waals surface area contributed by atoms with E-state index in [9.17, 15) is 9.50 Å². The number of halogens is 1. The van der Waals surface area contributed by atoms with Crippen molar-refractivity contribution in [3.8, 4) is 0 Å². The first-order valence-corrected chi connectivity index (χ1v) is 6.92. The molecule has 0 saturated carbocycles. The maximum Gasteiger partial charge on any atom is 0.137 e. The van der Waals surface area contributed by atoms with Crippen molar-refractivity contribution in [2.45, 2.75) is 19.4 Å². The van der Waals surface area contributed by atoms with Gasteiger partial charge in [-0.05, 0) is 36.6 Å². The van der Waals surface area contributed by atoms with Crippen LogP contribution in [0.15, 0.2) is 40.1 Å². The third-order valence-electron chi connectivity index (χ3n) is 3.21.